The smallest absolute Gasteiger partial charge is 0.0800 e. The first kappa shape index (κ1) is 5.80. The molecule has 2 heterocycles. The van der Waals surface area contributed by atoms with Gasteiger partial charge in [0.1, 0.15) is 0 Å². The molecule has 0 radical (unpaired) electrons. The van der Waals surface area contributed by atoms with Gasteiger partial charge in [0.2, 0.25) is 0 Å². The molecule has 3 nitrogen and oxygen atoms in total. The van der Waals surface area contributed by atoms with Crippen molar-refractivity contribution in [3.63, 3.8) is 0 Å². The Morgan fingerprint density at radius 2 is 2.50 bits per heavy atom. The maximum Gasteiger partial charge on any atom is 0.0800 e. The van der Waals surface area contributed by atoms with Crippen molar-refractivity contribution in [1.82, 2.24) is 15.5 Å². The lowest BCUT2D eigenvalue weighted by molar-refractivity contribution is 0.372. The molecule has 1 aromatic heterocycles. The number of aromatic nitrogens is 2. The van der Waals surface area contributed by atoms with E-state index < -0.39 is 0 Å². The topological polar surface area (TPSA) is 37.8 Å². The summed E-state index contributed by atoms with van der Waals surface area (Å²) in [6.07, 6.45) is 2.89. The summed E-state index contributed by atoms with van der Waals surface area (Å²) in [6.45, 7) is 1.11. The molecule has 2 rings (SSSR count). The van der Waals surface area contributed by atoms with E-state index in [1.807, 2.05) is 12.1 Å². The van der Waals surface area contributed by atoms with Crippen molar-refractivity contribution in [2.45, 2.75) is 12.5 Å². The van der Waals surface area contributed by atoms with Crippen LogP contribution >= 0.6 is 0 Å². The Balaban J connectivity index is 2.18. The third-order valence-corrected chi connectivity index (χ3v) is 1.77. The van der Waals surface area contributed by atoms with Crippen LogP contribution in [0.5, 0.6) is 0 Å². The molecule has 0 saturated carbocycles. The van der Waals surface area contributed by atoms with E-state index in [0.29, 0.717) is 6.04 Å². The largest absolute Gasteiger partial charge is 0.308 e. The van der Waals surface area contributed by atoms with Crippen molar-refractivity contribution in [1.29, 1.82) is 0 Å². The van der Waals surface area contributed by atoms with E-state index in [1.54, 1.807) is 6.20 Å². The Morgan fingerprint density at radius 1 is 1.60 bits per heavy atom. The average molecular weight is 135 g/mol. The van der Waals surface area contributed by atoms with E-state index in [4.69, 9.17) is 0 Å². The molecule has 0 unspecified atom stereocenters. The minimum absolute atomic E-state index is 0.466. The van der Waals surface area contributed by atoms with Crippen LogP contribution in [0.3, 0.4) is 0 Å². The summed E-state index contributed by atoms with van der Waals surface area (Å²) in [7, 11) is 0. The fourth-order valence-electron chi connectivity index (χ4n) is 1.04. The van der Waals surface area contributed by atoms with Gasteiger partial charge < -0.3 is 5.32 Å². The maximum atomic E-state index is 3.99. The molecule has 3 heteroatoms. The van der Waals surface area contributed by atoms with E-state index in [9.17, 15) is 0 Å². The van der Waals surface area contributed by atoms with Crippen LogP contribution in [0.15, 0.2) is 18.3 Å². The van der Waals surface area contributed by atoms with Crippen molar-refractivity contribution in [3.8, 4) is 0 Å². The third-order valence-electron chi connectivity index (χ3n) is 1.77. The van der Waals surface area contributed by atoms with Gasteiger partial charge in [-0.2, -0.15) is 10.2 Å². The Hall–Kier alpha value is -0.960. The second-order valence-electron chi connectivity index (χ2n) is 2.44. The van der Waals surface area contributed by atoms with Gasteiger partial charge in [0.05, 0.1) is 11.7 Å². The van der Waals surface area contributed by atoms with Gasteiger partial charge in [0, 0.05) is 6.20 Å². The molecule has 1 fully saturated rings. The van der Waals surface area contributed by atoms with Crippen molar-refractivity contribution >= 4 is 0 Å². The molecule has 0 amide bonds. The Morgan fingerprint density at radius 3 is 3.00 bits per heavy atom. The highest BCUT2D eigenvalue weighted by Crippen LogP contribution is 2.18. The quantitative estimate of drug-likeness (QED) is 0.609. The van der Waals surface area contributed by atoms with Crippen LogP contribution in [-0.2, 0) is 0 Å². The van der Waals surface area contributed by atoms with Crippen molar-refractivity contribution in [2.75, 3.05) is 6.54 Å². The van der Waals surface area contributed by atoms with Crippen molar-refractivity contribution in [2.24, 2.45) is 0 Å². The molecular weight excluding hydrogens is 126 g/mol. The first-order valence-corrected chi connectivity index (χ1v) is 3.48. The van der Waals surface area contributed by atoms with E-state index in [2.05, 4.69) is 15.5 Å². The van der Waals surface area contributed by atoms with Crippen molar-refractivity contribution < 1.29 is 0 Å². The van der Waals surface area contributed by atoms with Gasteiger partial charge in [0.25, 0.3) is 0 Å². The number of nitrogens with one attached hydrogen (secondary N) is 1. The van der Waals surface area contributed by atoms with E-state index in [1.165, 1.54) is 6.42 Å². The number of hydrogen-bond donors (Lipinski definition) is 1. The molecule has 1 aliphatic rings. The minimum Gasteiger partial charge on any atom is -0.308 e. The van der Waals surface area contributed by atoms with Gasteiger partial charge in [-0.3, -0.25) is 0 Å². The van der Waals surface area contributed by atoms with Crippen LogP contribution in [0, 0.1) is 0 Å². The standard InChI is InChI=1S/C7H9N3/c1-2-7(10-9-4-1)6-3-5-8-6/h1-2,4,6,8H,3,5H2/t6-/m1/s1. The highest BCUT2D eigenvalue weighted by atomic mass is 15.1. The molecule has 0 aromatic carbocycles. The molecule has 1 aromatic rings. The van der Waals surface area contributed by atoms with Gasteiger partial charge >= 0.3 is 0 Å². The molecule has 0 bridgehead atoms. The predicted octanol–water partition coefficient (Wildman–Crippen LogP) is 0.511. The van der Waals surface area contributed by atoms with Crippen LogP contribution in [-0.4, -0.2) is 16.7 Å². The average Bonchev–Trinajstić information content (AvgIpc) is 1.86. The Labute approximate surface area is 59.5 Å². The molecule has 1 saturated heterocycles. The summed E-state index contributed by atoms with van der Waals surface area (Å²) in [5.74, 6) is 0. The third kappa shape index (κ3) is 0.885. The predicted molar refractivity (Wildman–Crippen MR) is 37.4 cm³/mol. The zero-order valence-electron chi connectivity index (χ0n) is 5.62. The summed E-state index contributed by atoms with van der Waals surface area (Å²) in [6, 6.07) is 4.39. The van der Waals surface area contributed by atoms with Crippen LogP contribution in [0.2, 0.25) is 0 Å². The van der Waals surface area contributed by atoms with E-state index >= 15 is 0 Å². The Kier molecular flexibility index (Phi) is 1.36. The first-order chi connectivity index (χ1) is 4.97. The summed E-state index contributed by atoms with van der Waals surface area (Å²) in [5.41, 5.74) is 1.06. The molecule has 52 valence electrons. The SMILES string of the molecule is c1cnnc([C@H]2CCN2)c1. The summed E-state index contributed by atoms with van der Waals surface area (Å²) >= 11 is 0. The maximum absolute atomic E-state index is 3.99. The molecule has 0 aliphatic carbocycles. The fraction of sp³-hybridized carbons (Fsp3) is 0.429. The van der Waals surface area contributed by atoms with E-state index in [-0.39, 0.29) is 0 Å². The second-order valence-corrected chi connectivity index (χ2v) is 2.44. The molecule has 0 spiro atoms. The lowest BCUT2D eigenvalue weighted by Crippen LogP contribution is -2.35. The number of nitrogens with zero attached hydrogens (tertiary/aromatic N) is 2. The number of hydrogen-bond acceptors (Lipinski definition) is 3. The van der Waals surface area contributed by atoms with Crippen molar-refractivity contribution in [3.05, 3.63) is 24.0 Å². The molecule has 1 atom stereocenters. The molecule has 10 heavy (non-hydrogen) atoms. The zero-order valence-corrected chi connectivity index (χ0v) is 5.62. The fourth-order valence-corrected chi connectivity index (χ4v) is 1.04. The molecule has 1 aliphatic heterocycles. The van der Waals surface area contributed by atoms with Gasteiger partial charge in [-0.15, -0.1) is 0 Å². The molecular formula is C7H9N3. The first-order valence-electron chi connectivity index (χ1n) is 3.48. The normalized spacial score (nSPS) is 23.8. The molecule has 1 N–H and O–H groups in total. The highest BCUT2D eigenvalue weighted by molar-refractivity contribution is 5.07. The summed E-state index contributed by atoms with van der Waals surface area (Å²) in [5, 5.41) is 11.0. The summed E-state index contributed by atoms with van der Waals surface area (Å²) < 4.78 is 0. The van der Waals surface area contributed by atoms with Crippen LogP contribution in [0.4, 0.5) is 0 Å². The lowest BCUT2D eigenvalue weighted by atomic mass is 10.0. The monoisotopic (exact) mass is 135 g/mol. The van der Waals surface area contributed by atoms with Gasteiger partial charge in [0.15, 0.2) is 0 Å². The van der Waals surface area contributed by atoms with Crippen LogP contribution < -0.4 is 5.32 Å². The minimum atomic E-state index is 0.466. The van der Waals surface area contributed by atoms with Gasteiger partial charge in [-0.25, -0.2) is 0 Å². The highest BCUT2D eigenvalue weighted by Gasteiger charge is 2.19. The number of rotatable bonds is 1. The second kappa shape index (κ2) is 2.34. The van der Waals surface area contributed by atoms with E-state index in [0.717, 1.165) is 12.2 Å². The summed E-state index contributed by atoms with van der Waals surface area (Å²) in [4.78, 5) is 0. The zero-order chi connectivity index (χ0) is 6.81. The Bertz CT molecular complexity index is 205. The van der Waals surface area contributed by atoms with Crippen LogP contribution in [0.25, 0.3) is 0 Å². The van der Waals surface area contributed by atoms with Gasteiger partial charge in [-0.1, -0.05) is 0 Å². The van der Waals surface area contributed by atoms with Gasteiger partial charge in [-0.05, 0) is 25.1 Å². The van der Waals surface area contributed by atoms with Crippen LogP contribution in [0.1, 0.15) is 18.2 Å². The lowest BCUT2D eigenvalue weighted by Gasteiger charge is -2.26.